The van der Waals surface area contributed by atoms with Gasteiger partial charge < -0.3 is 14.4 Å². The van der Waals surface area contributed by atoms with E-state index in [-0.39, 0.29) is 35.5 Å². The number of nitrogens with zero attached hydrogens (tertiary/aromatic N) is 7. The third kappa shape index (κ3) is 5.57. The van der Waals surface area contributed by atoms with Crippen LogP contribution in [0.4, 0.5) is 10.2 Å². The summed E-state index contributed by atoms with van der Waals surface area (Å²) in [6.45, 7) is 6.49. The van der Waals surface area contributed by atoms with Gasteiger partial charge in [0.1, 0.15) is 23.6 Å². The summed E-state index contributed by atoms with van der Waals surface area (Å²) in [5.41, 5.74) is 2.06. The molecule has 0 radical (unpaired) electrons. The van der Waals surface area contributed by atoms with Crippen molar-refractivity contribution in [2.24, 2.45) is 0 Å². The van der Waals surface area contributed by atoms with Crippen LogP contribution >= 0.6 is 0 Å². The summed E-state index contributed by atoms with van der Waals surface area (Å²) < 4.78 is 62.5. The van der Waals surface area contributed by atoms with Crippen molar-refractivity contribution in [1.29, 1.82) is 0 Å². The first-order valence-corrected chi connectivity index (χ1v) is 20.5. The highest BCUT2D eigenvalue weighted by molar-refractivity contribution is 7.87. The summed E-state index contributed by atoms with van der Waals surface area (Å²) in [7, 11) is -3.60. The molecule has 0 amide bonds. The fraction of sp³-hybridized carbons (Fsp3) is 0.526. The number of ether oxygens (including phenoxy) is 2. The SMILES string of the molecule is Cc1cccc2cc3c(cnn3C3CCCCO3)c(-c3ncc4c(N5CCCC6(CNS(=O)(=O)N6)C5)nc(OCC56CCCN5CCC6)nc4c3F)c12. The molecule has 2 atom stereocenters. The highest BCUT2D eigenvalue weighted by atomic mass is 32.2. The lowest BCUT2D eigenvalue weighted by Gasteiger charge is -2.40. The fourth-order valence-corrected chi connectivity index (χ4v) is 11.2. The quantitative estimate of drug-likeness (QED) is 0.241. The van der Waals surface area contributed by atoms with Crippen molar-refractivity contribution in [2.45, 2.75) is 82.0 Å². The van der Waals surface area contributed by atoms with Crippen molar-refractivity contribution in [2.75, 3.05) is 50.8 Å². The van der Waals surface area contributed by atoms with Crippen molar-refractivity contribution in [3.8, 4) is 17.3 Å². The summed E-state index contributed by atoms with van der Waals surface area (Å²) in [5.74, 6) is -0.0759. The lowest BCUT2D eigenvalue weighted by Crippen LogP contribution is -2.56. The molecule has 8 heterocycles. The molecule has 10 rings (SSSR count). The average Bonchev–Trinajstić information content (AvgIpc) is 3.93. The molecule has 0 bridgehead atoms. The van der Waals surface area contributed by atoms with E-state index in [0.717, 1.165) is 91.7 Å². The van der Waals surface area contributed by atoms with Crippen LogP contribution in [0.3, 0.4) is 0 Å². The molecule has 5 aliphatic heterocycles. The first-order valence-electron chi connectivity index (χ1n) is 19.0. The zero-order valence-electron chi connectivity index (χ0n) is 29.9. The Morgan fingerprint density at radius 1 is 1.04 bits per heavy atom. The van der Waals surface area contributed by atoms with E-state index in [1.807, 2.05) is 34.7 Å². The highest BCUT2D eigenvalue weighted by Crippen LogP contribution is 2.43. The predicted molar refractivity (Wildman–Crippen MR) is 200 cm³/mol. The third-order valence-electron chi connectivity index (χ3n) is 12.4. The summed E-state index contributed by atoms with van der Waals surface area (Å²) in [6, 6.07) is 8.32. The van der Waals surface area contributed by atoms with Gasteiger partial charge in [0.15, 0.2) is 12.0 Å². The van der Waals surface area contributed by atoms with E-state index >= 15 is 4.39 Å². The molecule has 3 aromatic heterocycles. The number of pyridine rings is 1. The number of hydrogen-bond acceptors (Lipinski definition) is 10. The molecular formula is C38H44FN9O4S. The van der Waals surface area contributed by atoms with E-state index in [1.54, 1.807) is 12.4 Å². The maximum absolute atomic E-state index is 17.6. The zero-order valence-corrected chi connectivity index (χ0v) is 30.7. The Bertz CT molecular complexity index is 2370. The lowest BCUT2D eigenvalue weighted by atomic mass is 9.90. The van der Waals surface area contributed by atoms with E-state index in [1.165, 1.54) is 0 Å². The number of rotatable bonds is 6. The first-order chi connectivity index (χ1) is 25.7. The number of hydrogen-bond donors (Lipinski definition) is 2. The number of piperidine rings is 1. The van der Waals surface area contributed by atoms with Crippen molar-refractivity contribution in [3.63, 3.8) is 0 Å². The molecule has 5 aliphatic rings. The molecule has 53 heavy (non-hydrogen) atoms. The summed E-state index contributed by atoms with van der Waals surface area (Å²) >= 11 is 0. The molecule has 0 saturated carbocycles. The second-order valence-electron chi connectivity index (χ2n) is 15.7. The maximum Gasteiger partial charge on any atom is 0.319 e. The number of aromatic nitrogens is 5. The van der Waals surface area contributed by atoms with Crippen molar-refractivity contribution >= 4 is 48.6 Å². The third-order valence-corrected chi connectivity index (χ3v) is 13.6. The Balaban J connectivity index is 1.14. The molecule has 278 valence electrons. The van der Waals surface area contributed by atoms with Gasteiger partial charge >= 0.3 is 6.01 Å². The molecule has 2 unspecified atom stereocenters. The molecule has 2 N–H and O–H groups in total. The van der Waals surface area contributed by atoms with E-state index < -0.39 is 21.6 Å². The van der Waals surface area contributed by atoms with Gasteiger partial charge in [-0.2, -0.15) is 28.2 Å². The highest BCUT2D eigenvalue weighted by Gasteiger charge is 2.46. The number of fused-ring (bicyclic) bond motifs is 4. The molecule has 5 fully saturated rings. The standard InChI is InChI=1S/C38H44FN9O4S/c1-24-8-4-9-25-18-28-26(20-41-48(28)29-10-2-3-17-51-29)31(30(24)25)34-32(39)33-27(19-40-34)35(46-14-5-11-37(22-46)21-42-53(49,50)45-37)44-36(43-33)52-23-38-12-6-15-47(38)16-7-13-38/h4,8-9,18-20,29,42,45H,2-3,5-7,10-17,21-23H2,1H3. The number of nitrogens with one attached hydrogen (secondary N) is 2. The van der Waals surface area contributed by atoms with Crippen LogP contribution in [-0.4, -0.2) is 95.1 Å². The minimum Gasteiger partial charge on any atom is -0.461 e. The van der Waals surface area contributed by atoms with Gasteiger partial charge in [-0.1, -0.05) is 18.2 Å². The van der Waals surface area contributed by atoms with E-state index in [4.69, 9.17) is 29.5 Å². The van der Waals surface area contributed by atoms with Crippen LogP contribution in [0.15, 0.2) is 36.7 Å². The lowest BCUT2D eigenvalue weighted by molar-refractivity contribution is -0.0366. The first kappa shape index (κ1) is 33.5. The number of halogens is 1. The Morgan fingerprint density at radius 3 is 2.68 bits per heavy atom. The van der Waals surface area contributed by atoms with Crippen LogP contribution in [0.1, 0.15) is 69.6 Å². The number of anilines is 1. The predicted octanol–water partition coefficient (Wildman–Crippen LogP) is 5.13. The monoisotopic (exact) mass is 741 g/mol. The minimum atomic E-state index is -3.60. The summed E-state index contributed by atoms with van der Waals surface area (Å²) in [5, 5.41) is 7.91. The van der Waals surface area contributed by atoms with Gasteiger partial charge in [0, 0.05) is 43.4 Å². The summed E-state index contributed by atoms with van der Waals surface area (Å²) in [6.07, 6.45) is 12.0. The molecule has 0 aliphatic carbocycles. The Hall–Kier alpha value is -4.02. The second kappa shape index (κ2) is 12.5. The average molecular weight is 742 g/mol. The number of aryl methyl sites for hydroxylation is 1. The smallest absolute Gasteiger partial charge is 0.319 e. The van der Waals surface area contributed by atoms with Gasteiger partial charge in [0.25, 0.3) is 10.2 Å². The topological polar surface area (TPSA) is 140 Å². The number of benzene rings is 2. The molecule has 1 spiro atoms. The van der Waals surface area contributed by atoms with Crippen molar-refractivity contribution in [1.82, 2.24) is 39.1 Å². The van der Waals surface area contributed by atoms with Gasteiger partial charge in [-0.05, 0) is 100 Å². The van der Waals surface area contributed by atoms with Crippen LogP contribution in [0.25, 0.3) is 43.8 Å². The normalized spacial score (nSPS) is 25.6. The molecule has 2 aromatic carbocycles. The molecule has 13 nitrogen and oxygen atoms in total. The summed E-state index contributed by atoms with van der Waals surface area (Å²) in [4.78, 5) is 19.2. The Labute approximate surface area is 307 Å². The van der Waals surface area contributed by atoms with Gasteiger partial charge in [0.05, 0.1) is 28.2 Å². The van der Waals surface area contributed by atoms with Crippen LogP contribution < -0.4 is 19.1 Å². The Kier molecular flexibility index (Phi) is 7.92. The van der Waals surface area contributed by atoms with E-state index in [9.17, 15) is 8.42 Å². The molecule has 15 heteroatoms. The van der Waals surface area contributed by atoms with Gasteiger partial charge in [0.2, 0.25) is 0 Å². The van der Waals surface area contributed by atoms with Gasteiger partial charge in [-0.25, -0.2) is 13.8 Å². The van der Waals surface area contributed by atoms with Crippen LogP contribution in [-0.2, 0) is 14.9 Å². The largest absolute Gasteiger partial charge is 0.461 e. The maximum atomic E-state index is 17.6. The van der Waals surface area contributed by atoms with Crippen LogP contribution in [0.2, 0.25) is 0 Å². The Morgan fingerprint density at radius 2 is 1.89 bits per heavy atom. The van der Waals surface area contributed by atoms with E-state index in [0.29, 0.717) is 49.5 Å². The van der Waals surface area contributed by atoms with Crippen LogP contribution in [0.5, 0.6) is 6.01 Å². The van der Waals surface area contributed by atoms with Crippen molar-refractivity contribution in [3.05, 3.63) is 48.0 Å². The van der Waals surface area contributed by atoms with Gasteiger partial charge in [-0.3, -0.25) is 9.88 Å². The zero-order chi connectivity index (χ0) is 36.0. The molecule has 5 saturated heterocycles. The second-order valence-corrected chi connectivity index (χ2v) is 17.2. The molecular weight excluding hydrogens is 698 g/mol. The molecule has 5 aromatic rings. The minimum absolute atomic E-state index is 0.0578. The fourth-order valence-electron chi connectivity index (χ4n) is 9.83. The van der Waals surface area contributed by atoms with Crippen molar-refractivity contribution < 1.29 is 22.3 Å². The van der Waals surface area contributed by atoms with Gasteiger partial charge in [-0.15, -0.1) is 0 Å². The van der Waals surface area contributed by atoms with Crippen LogP contribution in [0, 0.1) is 12.7 Å². The van der Waals surface area contributed by atoms with E-state index in [2.05, 4.69) is 20.4 Å².